The fraction of sp³-hybridized carbons (Fsp3) is 0.400. The van der Waals surface area contributed by atoms with Crippen LogP contribution in [0.4, 0.5) is 22.0 Å². The van der Waals surface area contributed by atoms with Gasteiger partial charge in [0.15, 0.2) is 11.6 Å². The van der Waals surface area contributed by atoms with Crippen LogP contribution in [0.1, 0.15) is 68.7 Å². The number of benzene rings is 3. The Bertz CT molecular complexity index is 1420. The van der Waals surface area contributed by atoms with E-state index >= 15 is 4.39 Å². The average molecular weight is 598 g/mol. The number of hydrogen-bond donors (Lipinski definition) is 0. The fourth-order valence-electron chi connectivity index (χ4n) is 6.01. The van der Waals surface area contributed by atoms with Crippen LogP contribution in [-0.4, -0.2) is 28.2 Å². The lowest BCUT2D eigenvalue weighted by atomic mass is 9.88. The first kappa shape index (κ1) is 32.4. The van der Waals surface area contributed by atoms with Crippen molar-refractivity contribution in [2.75, 3.05) is 13.7 Å². The summed E-state index contributed by atoms with van der Waals surface area (Å²) in [4.78, 5) is 7.31. The molecule has 3 nitrogen and oxygen atoms in total. The molecule has 1 heterocycles. The van der Waals surface area contributed by atoms with Crippen LogP contribution in [0.15, 0.2) is 72.8 Å². The maximum absolute atomic E-state index is 15.1. The van der Waals surface area contributed by atoms with Crippen molar-refractivity contribution in [2.45, 2.75) is 71.5 Å². The van der Waals surface area contributed by atoms with Crippen molar-refractivity contribution in [1.29, 1.82) is 0 Å². The van der Waals surface area contributed by atoms with Crippen molar-refractivity contribution >= 4 is 0 Å². The number of imidazole rings is 1. The number of nitrogens with zero attached hydrogens (tertiary/aromatic N) is 3. The molecule has 0 aliphatic heterocycles. The molecule has 1 aliphatic carbocycles. The van der Waals surface area contributed by atoms with Crippen LogP contribution in [0.3, 0.4) is 0 Å². The molecule has 1 aliphatic rings. The third kappa shape index (κ3) is 7.91. The monoisotopic (exact) mass is 597 g/mol. The van der Waals surface area contributed by atoms with Crippen LogP contribution in [0, 0.1) is 17.6 Å². The Morgan fingerprint density at radius 1 is 0.814 bits per heavy atom. The van der Waals surface area contributed by atoms with E-state index in [-0.39, 0.29) is 12.1 Å². The molecular weight excluding hydrogens is 557 g/mol. The van der Waals surface area contributed by atoms with Gasteiger partial charge in [-0.05, 0) is 31.2 Å². The second kappa shape index (κ2) is 15.8. The van der Waals surface area contributed by atoms with E-state index in [0.29, 0.717) is 26.2 Å². The zero-order valence-corrected chi connectivity index (χ0v) is 24.9. The summed E-state index contributed by atoms with van der Waals surface area (Å²) in [6.45, 7) is 4.18. The quantitative estimate of drug-likeness (QED) is 0.161. The van der Waals surface area contributed by atoms with Crippen molar-refractivity contribution in [1.82, 2.24) is 14.5 Å². The summed E-state index contributed by atoms with van der Waals surface area (Å²) >= 11 is 0. The largest absolute Gasteiger partial charge is 0.326 e. The molecule has 0 spiro atoms. The average Bonchev–Trinajstić information content (AvgIpc) is 3.39. The van der Waals surface area contributed by atoms with Gasteiger partial charge in [-0.25, -0.2) is 22.5 Å². The Kier molecular flexibility index (Phi) is 11.9. The van der Waals surface area contributed by atoms with E-state index in [0.717, 1.165) is 73.1 Å². The highest BCUT2D eigenvalue weighted by Gasteiger charge is 2.26. The third-order valence-electron chi connectivity index (χ3n) is 8.03. The Morgan fingerprint density at radius 2 is 1.44 bits per heavy atom. The van der Waals surface area contributed by atoms with Crippen LogP contribution in [-0.2, 0) is 19.6 Å². The molecule has 0 amide bonds. The van der Waals surface area contributed by atoms with Crippen molar-refractivity contribution < 1.29 is 22.0 Å². The number of rotatable bonds is 11. The number of aromatic nitrogens is 2. The van der Waals surface area contributed by atoms with Gasteiger partial charge in [-0.1, -0.05) is 92.9 Å². The summed E-state index contributed by atoms with van der Waals surface area (Å²) in [5, 5.41) is 0. The Balaban J connectivity index is 0.00000207. The molecule has 0 N–H and O–H groups in total. The Labute approximate surface area is 251 Å². The maximum atomic E-state index is 15.1. The molecule has 1 fully saturated rings. The number of halogens is 5. The molecule has 1 saturated carbocycles. The highest BCUT2D eigenvalue weighted by molar-refractivity contribution is 5.68. The summed E-state index contributed by atoms with van der Waals surface area (Å²) in [7, 11) is 0.500. The molecule has 0 bridgehead atoms. The maximum Gasteiger partial charge on any atom is 0.266 e. The van der Waals surface area contributed by atoms with E-state index in [1.807, 2.05) is 48.5 Å². The van der Waals surface area contributed by atoms with Gasteiger partial charge in [0.1, 0.15) is 5.82 Å². The summed E-state index contributed by atoms with van der Waals surface area (Å²) in [5.74, 6) is -1.33. The smallest absolute Gasteiger partial charge is 0.266 e. The van der Waals surface area contributed by atoms with E-state index in [9.17, 15) is 17.6 Å². The second-order valence-corrected chi connectivity index (χ2v) is 11.0. The normalized spacial score (nSPS) is 13.8. The number of alkyl halides is 3. The number of hydrogen-bond acceptors (Lipinski definition) is 2. The van der Waals surface area contributed by atoms with Crippen molar-refractivity contribution in [2.24, 2.45) is 5.92 Å². The summed E-state index contributed by atoms with van der Waals surface area (Å²) in [6.07, 6.45) is 3.55. The lowest BCUT2D eigenvalue weighted by molar-refractivity contribution is 0.144. The molecule has 4 aromatic rings. The Hall–Kier alpha value is -3.52. The minimum absolute atomic E-state index is 0.0915. The van der Waals surface area contributed by atoms with Crippen molar-refractivity contribution in [3.05, 3.63) is 101 Å². The fourth-order valence-corrected chi connectivity index (χ4v) is 6.01. The van der Waals surface area contributed by atoms with Crippen LogP contribution >= 0.6 is 0 Å². The third-order valence-corrected chi connectivity index (χ3v) is 8.03. The van der Waals surface area contributed by atoms with Crippen LogP contribution < -0.4 is 0 Å². The Morgan fingerprint density at radius 3 is 2.05 bits per heavy atom. The molecule has 0 unspecified atom stereocenters. The topological polar surface area (TPSA) is 21.1 Å². The second-order valence-electron chi connectivity index (χ2n) is 11.0. The summed E-state index contributed by atoms with van der Waals surface area (Å²) in [5.41, 5.74) is 3.08. The molecule has 0 saturated heterocycles. The lowest BCUT2D eigenvalue weighted by Crippen LogP contribution is -2.31. The predicted octanol–water partition coefficient (Wildman–Crippen LogP) is 10.0. The molecule has 0 atom stereocenters. The SMILES string of the molecule is CCCn1c(-c2ccccc2)nc(-c2ccccc2)c1CN(Cc1ccc(C(F)F)c(F)c1F)CC1CCCCC1.CF. The zero-order chi connectivity index (χ0) is 30.8. The van der Waals surface area contributed by atoms with Gasteiger partial charge in [0.25, 0.3) is 6.43 Å². The molecule has 1 aromatic heterocycles. The lowest BCUT2D eigenvalue weighted by Gasteiger charge is -2.30. The van der Waals surface area contributed by atoms with Crippen molar-refractivity contribution in [3.8, 4) is 22.6 Å². The molecule has 0 radical (unpaired) electrons. The van der Waals surface area contributed by atoms with Gasteiger partial charge in [-0.15, -0.1) is 0 Å². The predicted molar refractivity (Wildman–Crippen MR) is 162 cm³/mol. The van der Waals surface area contributed by atoms with E-state index < -0.39 is 23.6 Å². The molecule has 43 heavy (non-hydrogen) atoms. The molecule has 3 aromatic carbocycles. The van der Waals surface area contributed by atoms with Gasteiger partial charge in [0.05, 0.1) is 24.1 Å². The van der Waals surface area contributed by atoms with E-state index in [2.05, 4.69) is 28.5 Å². The van der Waals surface area contributed by atoms with E-state index in [1.165, 1.54) is 12.5 Å². The first-order valence-corrected chi connectivity index (χ1v) is 15.0. The molecular formula is C35H40F5N3. The highest BCUT2D eigenvalue weighted by atomic mass is 19.3. The highest BCUT2D eigenvalue weighted by Crippen LogP contribution is 2.33. The van der Waals surface area contributed by atoms with Crippen molar-refractivity contribution in [3.63, 3.8) is 0 Å². The minimum atomic E-state index is -3.06. The minimum Gasteiger partial charge on any atom is -0.326 e. The van der Waals surface area contributed by atoms with E-state index in [4.69, 9.17) is 4.98 Å². The van der Waals surface area contributed by atoms with Gasteiger partial charge in [-0.3, -0.25) is 9.29 Å². The first-order chi connectivity index (χ1) is 21.0. The summed E-state index contributed by atoms with van der Waals surface area (Å²) in [6, 6.07) is 22.4. The molecule has 230 valence electrons. The van der Waals surface area contributed by atoms with Crippen LogP contribution in [0.2, 0.25) is 0 Å². The van der Waals surface area contributed by atoms with E-state index in [1.54, 1.807) is 0 Å². The standard InChI is InChI=1S/C34H37F4N3.CH3F/c1-2-20-41-29(32(25-14-8-4-9-15-25)39-34(41)26-16-10-5-11-17-26)23-40(21-24-12-6-3-7-13-24)22-27-18-19-28(33(37)38)31(36)30(27)35;1-2/h4-5,8-11,14-19,24,33H,2-3,6-7,12-13,20-23H2,1H3;1H3. The van der Waals surface area contributed by atoms with Gasteiger partial charge < -0.3 is 4.57 Å². The van der Waals surface area contributed by atoms with Gasteiger partial charge in [-0.2, -0.15) is 0 Å². The van der Waals surface area contributed by atoms with Gasteiger partial charge >= 0.3 is 0 Å². The summed E-state index contributed by atoms with van der Waals surface area (Å²) < 4.78 is 67.9. The molecule has 5 rings (SSSR count). The van der Waals surface area contributed by atoms with Gasteiger partial charge in [0.2, 0.25) is 0 Å². The van der Waals surface area contributed by atoms with Crippen LogP contribution in [0.5, 0.6) is 0 Å². The first-order valence-electron chi connectivity index (χ1n) is 15.0. The zero-order valence-electron chi connectivity index (χ0n) is 24.9. The van der Waals surface area contributed by atoms with Crippen LogP contribution in [0.25, 0.3) is 22.6 Å². The molecule has 8 heteroatoms. The van der Waals surface area contributed by atoms with Gasteiger partial charge in [0, 0.05) is 42.9 Å².